The number of likely N-dealkylation sites (tertiary alicyclic amines) is 1. The van der Waals surface area contributed by atoms with E-state index in [1.165, 1.54) is 11.1 Å². The highest BCUT2D eigenvalue weighted by Crippen LogP contribution is 2.26. The van der Waals surface area contributed by atoms with E-state index in [1.54, 1.807) is 6.20 Å². The molecule has 0 unspecified atom stereocenters. The summed E-state index contributed by atoms with van der Waals surface area (Å²) in [5.74, 6) is 0.107. The number of amides is 1. The van der Waals surface area contributed by atoms with Crippen molar-refractivity contribution in [2.24, 2.45) is 0 Å². The molecule has 0 spiro atoms. The molecule has 136 valence electrons. The van der Waals surface area contributed by atoms with Crippen molar-refractivity contribution >= 4 is 5.91 Å². The zero-order chi connectivity index (χ0) is 17.8. The van der Waals surface area contributed by atoms with Gasteiger partial charge in [-0.1, -0.05) is 36.4 Å². The Hall–Kier alpha value is -2.24. The van der Waals surface area contributed by atoms with E-state index in [4.69, 9.17) is 4.74 Å². The third kappa shape index (κ3) is 3.94. The van der Waals surface area contributed by atoms with Gasteiger partial charge in [-0.15, -0.1) is 0 Å². The molecule has 0 bridgehead atoms. The van der Waals surface area contributed by atoms with Gasteiger partial charge in [-0.05, 0) is 30.0 Å². The standard InChI is InChI=1S/C21H25N3O2/c25-21-16-26-20-9-12-23(14-18-7-4-10-22-13-18)11-8-19(20)24(21)15-17-5-2-1-3-6-17/h1-7,10,13,19-20H,8-9,11-12,14-16H2/t19-,20-/m0/s1. The van der Waals surface area contributed by atoms with Crippen molar-refractivity contribution in [3.63, 3.8) is 0 Å². The maximum Gasteiger partial charge on any atom is 0.249 e. The van der Waals surface area contributed by atoms with Crippen LogP contribution < -0.4 is 0 Å². The lowest BCUT2D eigenvalue weighted by Gasteiger charge is -2.40. The second-order valence-electron chi connectivity index (χ2n) is 7.14. The molecule has 2 aliphatic heterocycles. The number of carbonyl (C=O) groups is 1. The first-order valence-corrected chi connectivity index (χ1v) is 9.36. The molecule has 2 saturated heterocycles. The molecule has 2 fully saturated rings. The van der Waals surface area contributed by atoms with E-state index in [9.17, 15) is 4.79 Å². The molecule has 3 heterocycles. The van der Waals surface area contributed by atoms with Crippen LogP contribution in [0.1, 0.15) is 24.0 Å². The second kappa shape index (κ2) is 7.98. The van der Waals surface area contributed by atoms with E-state index in [0.29, 0.717) is 6.54 Å². The highest BCUT2D eigenvalue weighted by molar-refractivity contribution is 5.78. The molecule has 0 N–H and O–H groups in total. The van der Waals surface area contributed by atoms with Crippen LogP contribution in [0.25, 0.3) is 0 Å². The first kappa shape index (κ1) is 17.2. The number of carbonyl (C=O) groups excluding carboxylic acids is 1. The Morgan fingerprint density at radius 1 is 1.00 bits per heavy atom. The summed E-state index contributed by atoms with van der Waals surface area (Å²) in [6.45, 7) is 3.74. The Labute approximate surface area is 154 Å². The van der Waals surface area contributed by atoms with Crippen LogP contribution in [0.3, 0.4) is 0 Å². The van der Waals surface area contributed by atoms with Crippen molar-refractivity contribution in [3.05, 3.63) is 66.0 Å². The predicted octanol–water partition coefficient (Wildman–Crippen LogP) is 2.47. The summed E-state index contributed by atoms with van der Waals surface area (Å²) < 4.78 is 5.91. The number of hydrogen-bond donors (Lipinski definition) is 0. The Balaban J connectivity index is 1.45. The highest BCUT2D eigenvalue weighted by Gasteiger charge is 2.38. The van der Waals surface area contributed by atoms with Crippen LogP contribution in [0, 0.1) is 0 Å². The third-order valence-electron chi connectivity index (χ3n) is 5.37. The second-order valence-corrected chi connectivity index (χ2v) is 7.14. The molecule has 0 saturated carbocycles. The molecule has 0 radical (unpaired) electrons. The normalized spacial score (nSPS) is 24.2. The van der Waals surface area contributed by atoms with Gasteiger partial charge in [0.15, 0.2) is 0 Å². The predicted molar refractivity (Wildman–Crippen MR) is 99.3 cm³/mol. The lowest BCUT2D eigenvalue weighted by molar-refractivity contribution is -0.158. The van der Waals surface area contributed by atoms with Gasteiger partial charge in [0.2, 0.25) is 5.91 Å². The van der Waals surface area contributed by atoms with Crippen molar-refractivity contribution in [2.45, 2.75) is 38.1 Å². The summed E-state index contributed by atoms with van der Waals surface area (Å²) in [5.41, 5.74) is 2.41. The van der Waals surface area contributed by atoms with Gasteiger partial charge in [0.05, 0.1) is 12.1 Å². The van der Waals surface area contributed by atoms with E-state index in [1.807, 2.05) is 35.4 Å². The van der Waals surface area contributed by atoms with Crippen molar-refractivity contribution in [1.82, 2.24) is 14.8 Å². The average molecular weight is 351 g/mol. The Morgan fingerprint density at radius 2 is 1.81 bits per heavy atom. The molecular weight excluding hydrogens is 326 g/mol. The van der Waals surface area contributed by atoms with Gasteiger partial charge in [0, 0.05) is 38.6 Å². The minimum Gasteiger partial charge on any atom is -0.366 e. The number of nitrogens with zero attached hydrogens (tertiary/aromatic N) is 3. The van der Waals surface area contributed by atoms with E-state index in [-0.39, 0.29) is 24.7 Å². The van der Waals surface area contributed by atoms with Gasteiger partial charge in [-0.3, -0.25) is 14.7 Å². The monoisotopic (exact) mass is 351 g/mol. The van der Waals surface area contributed by atoms with Crippen molar-refractivity contribution in [1.29, 1.82) is 0 Å². The quantitative estimate of drug-likeness (QED) is 0.849. The summed E-state index contributed by atoms with van der Waals surface area (Å²) in [4.78, 5) is 21.2. The summed E-state index contributed by atoms with van der Waals surface area (Å²) in [7, 11) is 0. The summed E-state index contributed by atoms with van der Waals surface area (Å²) in [5, 5.41) is 0. The van der Waals surface area contributed by atoms with E-state index >= 15 is 0 Å². The topological polar surface area (TPSA) is 45.7 Å². The highest BCUT2D eigenvalue weighted by atomic mass is 16.5. The maximum absolute atomic E-state index is 12.5. The molecule has 1 amide bonds. The molecule has 1 aromatic heterocycles. The zero-order valence-electron chi connectivity index (χ0n) is 15.0. The van der Waals surface area contributed by atoms with Crippen LogP contribution in [-0.4, -0.2) is 52.5 Å². The number of benzene rings is 1. The fraction of sp³-hybridized carbons (Fsp3) is 0.429. The van der Waals surface area contributed by atoms with Crippen LogP contribution in [-0.2, 0) is 22.6 Å². The summed E-state index contributed by atoms with van der Waals surface area (Å²) >= 11 is 0. The number of fused-ring (bicyclic) bond motifs is 1. The fourth-order valence-electron chi connectivity index (χ4n) is 4.01. The lowest BCUT2D eigenvalue weighted by Crippen LogP contribution is -2.53. The van der Waals surface area contributed by atoms with Crippen LogP contribution >= 0.6 is 0 Å². The largest absolute Gasteiger partial charge is 0.366 e. The molecule has 0 aliphatic carbocycles. The van der Waals surface area contributed by atoms with Crippen molar-refractivity contribution in [2.75, 3.05) is 19.7 Å². The number of pyridine rings is 1. The molecule has 5 heteroatoms. The number of ether oxygens (including phenoxy) is 1. The minimum atomic E-state index is 0.107. The minimum absolute atomic E-state index is 0.107. The van der Waals surface area contributed by atoms with Crippen molar-refractivity contribution < 1.29 is 9.53 Å². The molecule has 2 aromatic rings. The van der Waals surface area contributed by atoms with Crippen LogP contribution in [0.15, 0.2) is 54.9 Å². The number of morpholine rings is 1. The molecule has 26 heavy (non-hydrogen) atoms. The number of aromatic nitrogens is 1. The van der Waals surface area contributed by atoms with Gasteiger partial charge in [0.25, 0.3) is 0 Å². The SMILES string of the molecule is O=C1CO[C@H]2CCN(Cc3cccnc3)CC[C@@H]2N1Cc1ccccc1. The lowest BCUT2D eigenvalue weighted by atomic mass is 10.0. The number of hydrogen-bond acceptors (Lipinski definition) is 4. The fourth-order valence-corrected chi connectivity index (χ4v) is 4.01. The smallest absolute Gasteiger partial charge is 0.249 e. The van der Waals surface area contributed by atoms with Gasteiger partial charge >= 0.3 is 0 Å². The molecule has 2 atom stereocenters. The average Bonchev–Trinajstić information content (AvgIpc) is 2.88. The zero-order valence-corrected chi connectivity index (χ0v) is 15.0. The van der Waals surface area contributed by atoms with E-state index < -0.39 is 0 Å². The molecule has 5 nitrogen and oxygen atoms in total. The Kier molecular flexibility index (Phi) is 5.27. The van der Waals surface area contributed by atoms with Gasteiger partial charge in [-0.25, -0.2) is 0 Å². The number of rotatable bonds is 4. The first-order valence-electron chi connectivity index (χ1n) is 9.36. The molecule has 4 rings (SSSR count). The van der Waals surface area contributed by atoms with Gasteiger partial charge in [0.1, 0.15) is 6.61 Å². The van der Waals surface area contributed by atoms with Gasteiger partial charge in [-0.2, -0.15) is 0 Å². The van der Waals surface area contributed by atoms with Gasteiger partial charge < -0.3 is 9.64 Å². The maximum atomic E-state index is 12.5. The molecule has 2 aliphatic rings. The van der Waals surface area contributed by atoms with Crippen molar-refractivity contribution in [3.8, 4) is 0 Å². The van der Waals surface area contributed by atoms with E-state index in [2.05, 4.69) is 28.1 Å². The van der Waals surface area contributed by atoms with Crippen LogP contribution in [0.4, 0.5) is 0 Å². The summed E-state index contributed by atoms with van der Waals surface area (Å²) in [6, 6.07) is 14.5. The van der Waals surface area contributed by atoms with E-state index in [0.717, 1.165) is 32.5 Å². The Morgan fingerprint density at radius 3 is 2.62 bits per heavy atom. The van der Waals surface area contributed by atoms with Crippen LogP contribution in [0.5, 0.6) is 0 Å². The Bertz CT molecular complexity index is 723. The van der Waals surface area contributed by atoms with Crippen LogP contribution in [0.2, 0.25) is 0 Å². The molecular formula is C21H25N3O2. The summed E-state index contributed by atoms with van der Waals surface area (Å²) in [6.07, 6.45) is 5.78. The first-order chi connectivity index (χ1) is 12.8. The molecule has 1 aromatic carbocycles. The third-order valence-corrected chi connectivity index (χ3v) is 5.37.